The van der Waals surface area contributed by atoms with Crippen molar-refractivity contribution in [2.75, 3.05) is 69.2 Å². The third kappa shape index (κ3) is 5.53. The molecule has 1 aromatic heterocycles. The second-order valence-corrected chi connectivity index (χ2v) is 10.2. The second kappa shape index (κ2) is 9.51. The summed E-state index contributed by atoms with van der Waals surface area (Å²) in [6.45, 7) is 6.06. The monoisotopic (exact) mass is 465 g/mol. The van der Waals surface area contributed by atoms with Gasteiger partial charge in [-0.3, -0.25) is 9.52 Å². The van der Waals surface area contributed by atoms with Crippen LogP contribution in [-0.4, -0.2) is 88.6 Å². The Morgan fingerprint density at radius 1 is 1.10 bits per heavy atom. The van der Waals surface area contributed by atoms with Crippen molar-refractivity contribution >= 4 is 38.1 Å². The van der Waals surface area contributed by atoms with Gasteiger partial charge in [-0.2, -0.15) is 0 Å². The first kappa shape index (κ1) is 22.0. The molecule has 1 aromatic carbocycles. The van der Waals surface area contributed by atoms with Gasteiger partial charge in [0.05, 0.1) is 30.2 Å². The molecular formula is C20H27N5O4S2. The number of morpholine rings is 1. The molecule has 4 rings (SSSR count). The van der Waals surface area contributed by atoms with E-state index in [0.29, 0.717) is 32.0 Å². The van der Waals surface area contributed by atoms with E-state index in [9.17, 15) is 13.2 Å². The molecule has 0 atom stereocenters. The molecule has 31 heavy (non-hydrogen) atoms. The largest absolute Gasteiger partial charge is 0.378 e. The molecule has 0 radical (unpaired) electrons. The fraction of sp³-hybridized carbons (Fsp3) is 0.500. The van der Waals surface area contributed by atoms with E-state index < -0.39 is 10.0 Å². The Kier molecular flexibility index (Phi) is 6.75. The summed E-state index contributed by atoms with van der Waals surface area (Å²) < 4.78 is 33.3. The minimum atomic E-state index is -3.75. The summed E-state index contributed by atoms with van der Waals surface area (Å²) in [7, 11) is -1.65. The summed E-state index contributed by atoms with van der Waals surface area (Å²) in [6.07, 6.45) is 0.151. The Morgan fingerprint density at radius 2 is 1.77 bits per heavy atom. The number of nitrogens with zero attached hydrogens (tertiary/aromatic N) is 4. The number of anilines is 2. The van der Waals surface area contributed by atoms with Crippen LogP contribution in [0.2, 0.25) is 0 Å². The molecule has 0 bridgehead atoms. The van der Waals surface area contributed by atoms with Crippen LogP contribution in [0, 0.1) is 0 Å². The summed E-state index contributed by atoms with van der Waals surface area (Å²) >= 11 is 1.18. The smallest absolute Gasteiger partial charge is 0.263 e. The zero-order chi connectivity index (χ0) is 21.8. The number of carbonyl (C=O) groups excluding carboxylic acids is 1. The van der Waals surface area contributed by atoms with Crippen LogP contribution in [0.1, 0.15) is 5.69 Å². The van der Waals surface area contributed by atoms with E-state index in [1.165, 1.54) is 11.3 Å². The molecule has 1 N–H and O–H groups in total. The standard InChI is InChI=1S/C20H27N5O4S2/c1-23-6-8-24(9-7-23)17-2-4-18(5-3-17)31(27,28)22-20-21-16(15-30-20)14-19(26)25-10-12-29-13-11-25/h2-5,15H,6-14H2,1H3,(H,21,22). The molecule has 2 aromatic rings. The predicted molar refractivity (Wildman–Crippen MR) is 120 cm³/mol. The average molecular weight is 466 g/mol. The minimum Gasteiger partial charge on any atom is -0.378 e. The van der Waals surface area contributed by atoms with Gasteiger partial charge in [-0.05, 0) is 31.3 Å². The lowest BCUT2D eigenvalue weighted by molar-refractivity contribution is -0.134. The lowest BCUT2D eigenvalue weighted by Gasteiger charge is -2.34. The van der Waals surface area contributed by atoms with E-state index in [2.05, 4.69) is 26.6 Å². The van der Waals surface area contributed by atoms with Gasteiger partial charge in [-0.15, -0.1) is 11.3 Å². The zero-order valence-electron chi connectivity index (χ0n) is 17.5. The molecule has 1 amide bonds. The molecule has 0 spiro atoms. The highest BCUT2D eigenvalue weighted by molar-refractivity contribution is 7.93. The third-order valence-corrected chi connectivity index (χ3v) is 7.78. The van der Waals surface area contributed by atoms with Crippen LogP contribution >= 0.6 is 11.3 Å². The number of sulfonamides is 1. The molecule has 2 fully saturated rings. The zero-order valence-corrected chi connectivity index (χ0v) is 19.1. The summed E-state index contributed by atoms with van der Waals surface area (Å²) in [6, 6.07) is 6.92. The minimum absolute atomic E-state index is 0.0255. The van der Waals surface area contributed by atoms with Gasteiger partial charge in [-0.25, -0.2) is 13.4 Å². The quantitative estimate of drug-likeness (QED) is 0.683. The van der Waals surface area contributed by atoms with E-state index in [0.717, 1.165) is 31.9 Å². The number of benzene rings is 1. The van der Waals surface area contributed by atoms with Crippen LogP contribution in [0.25, 0.3) is 0 Å². The van der Waals surface area contributed by atoms with Crippen molar-refractivity contribution in [3.05, 3.63) is 35.3 Å². The molecule has 0 saturated carbocycles. The highest BCUT2D eigenvalue weighted by atomic mass is 32.2. The van der Waals surface area contributed by atoms with Crippen LogP contribution < -0.4 is 9.62 Å². The summed E-state index contributed by atoms with van der Waals surface area (Å²) in [4.78, 5) is 23.1. The number of piperazine rings is 1. The molecule has 168 valence electrons. The lowest BCUT2D eigenvalue weighted by atomic mass is 10.2. The maximum atomic E-state index is 12.8. The molecular weight excluding hydrogens is 438 g/mol. The first-order valence-corrected chi connectivity index (χ1v) is 12.6. The van der Waals surface area contributed by atoms with Crippen LogP contribution in [0.4, 0.5) is 10.8 Å². The van der Waals surface area contributed by atoms with Gasteiger partial charge in [0, 0.05) is 50.3 Å². The summed E-state index contributed by atoms with van der Waals surface area (Å²) in [5.41, 5.74) is 1.58. The Balaban J connectivity index is 1.37. The third-order valence-electron chi connectivity index (χ3n) is 5.49. The van der Waals surface area contributed by atoms with E-state index in [-0.39, 0.29) is 22.4 Å². The number of hydrogen-bond acceptors (Lipinski definition) is 8. The number of hydrogen-bond donors (Lipinski definition) is 1. The van der Waals surface area contributed by atoms with Crippen LogP contribution in [0.15, 0.2) is 34.5 Å². The Hall–Kier alpha value is -2.21. The predicted octanol–water partition coefficient (Wildman–Crippen LogP) is 1.10. The maximum Gasteiger partial charge on any atom is 0.263 e. The first-order valence-electron chi connectivity index (χ1n) is 10.3. The van der Waals surface area contributed by atoms with Gasteiger partial charge in [0.2, 0.25) is 5.91 Å². The highest BCUT2D eigenvalue weighted by Crippen LogP contribution is 2.23. The Labute approximate surface area is 186 Å². The van der Waals surface area contributed by atoms with Gasteiger partial charge >= 0.3 is 0 Å². The van der Waals surface area contributed by atoms with Crippen molar-refractivity contribution < 1.29 is 17.9 Å². The second-order valence-electron chi connectivity index (χ2n) is 7.70. The summed E-state index contributed by atoms with van der Waals surface area (Å²) in [5, 5.41) is 1.97. The van der Waals surface area contributed by atoms with E-state index >= 15 is 0 Å². The number of nitrogens with one attached hydrogen (secondary N) is 1. The lowest BCUT2D eigenvalue weighted by Crippen LogP contribution is -2.44. The fourth-order valence-electron chi connectivity index (χ4n) is 3.59. The Bertz CT molecular complexity index is 995. The number of amides is 1. The highest BCUT2D eigenvalue weighted by Gasteiger charge is 2.21. The number of ether oxygens (including phenoxy) is 1. The number of aromatic nitrogens is 1. The molecule has 2 saturated heterocycles. The average Bonchev–Trinajstić information content (AvgIpc) is 3.21. The van der Waals surface area contributed by atoms with Gasteiger partial charge in [0.25, 0.3) is 10.0 Å². The van der Waals surface area contributed by atoms with Gasteiger partial charge in [-0.1, -0.05) is 0 Å². The molecule has 0 unspecified atom stereocenters. The Morgan fingerprint density at radius 3 is 2.45 bits per heavy atom. The van der Waals surface area contributed by atoms with Crippen molar-refractivity contribution in [1.82, 2.24) is 14.8 Å². The van der Waals surface area contributed by atoms with Crippen molar-refractivity contribution in [1.29, 1.82) is 0 Å². The molecule has 2 aliphatic rings. The SMILES string of the molecule is CN1CCN(c2ccc(S(=O)(=O)Nc3nc(CC(=O)N4CCOCC4)cs3)cc2)CC1. The fourth-order valence-corrected chi connectivity index (χ4v) is 5.55. The summed E-state index contributed by atoms with van der Waals surface area (Å²) in [5.74, 6) is -0.0255. The van der Waals surface area contributed by atoms with Crippen molar-refractivity contribution in [3.8, 4) is 0 Å². The van der Waals surface area contributed by atoms with Gasteiger partial charge < -0.3 is 19.4 Å². The number of rotatable bonds is 6. The van der Waals surface area contributed by atoms with Crippen molar-refractivity contribution in [3.63, 3.8) is 0 Å². The van der Waals surface area contributed by atoms with E-state index in [1.807, 2.05) is 12.1 Å². The first-order chi connectivity index (χ1) is 14.9. The number of carbonyl (C=O) groups is 1. The van der Waals surface area contributed by atoms with E-state index in [4.69, 9.17) is 4.74 Å². The number of thiazole rings is 1. The van der Waals surface area contributed by atoms with Crippen molar-refractivity contribution in [2.24, 2.45) is 0 Å². The van der Waals surface area contributed by atoms with Gasteiger partial charge in [0.15, 0.2) is 5.13 Å². The van der Waals surface area contributed by atoms with Crippen LogP contribution in [0.5, 0.6) is 0 Å². The van der Waals surface area contributed by atoms with Crippen LogP contribution in [0.3, 0.4) is 0 Å². The van der Waals surface area contributed by atoms with Crippen molar-refractivity contribution in [2.45, 2.75) is 11.3 Å². The molecule has 9 nitrogen and oxygen atoms in total. The molecule has 0 aliphatic carbocycles. The maximum absolute atomic E-state index is 12.8. The molecule has 2 aliphatic heterocycles. The molecule has 11 heteroatoms. The van der Waals surface area contributed by atoms with Gasteiger partial charge in [0.1, 0.15) is 0 Å². The topological polar surface area (TPSA) is 95.1 Å². The van der Waals surface area contributed by atoms with Crippen LogP contribution in [-0.2, 0) is 26.0 Å². The molecule has 3 heterocycles. The number of likely N-dealkylation sites (N-methyl/N-ethyl adjacent to an activating group) is 1. The van der Waals surface area contributed by atoms with E-state index in [1.54, 1.807) is 22.4 Å². The normalized spacial score (nSPS) is 18.2.